The highest BCUT2D eigenvalue weighted by atomic mass is 19.4. The molecule has 3 aliphatic rings. The van der Waals surface area contributed by atoms with E-state index in [1.54, 1.807) is 12.3 Å². The van der Waals surface area contributed by atoms with Crippen molar-refractivity contribution < 1.29 is 17.9 Å². The number of fused-ring (bicyclic) bond motifs is 1. The van der Waals surface area contributed by atoms with Crippen LogP contribution in [0.4, 0.5) is 19.0 Å². The van der Waals surface area contributed by atoms with Gasteiger partial charge in [-0.1, -0.05) is 0 Å². The van der Waals surface area contributed by atoms with Gasteiger partial charge in [-0.05, 0) is 25.0 Å². The minimum atomic E-state index is -4.59. The number of nitrogens with one attached hydrogen (secondary N) is 2. The van der Waals surface area contributed by atoms with Crippen molar-refractivity contribution >= 4 is 16.9 Å². The fourth-order valence-corrected chi connectivity index (χ4v) is 5.18. The lowest BCUT2D eigenvalue weighted by atomic mass is 9.56. The number of rotatable bonds is 3. The molecule has 4 N–H and O–H groups in total. The first-order valence-electron chi connectivity index (χ1n) is 11.1. The van der Waals surface area contributed by atoms with Crippen LogP contribution >= 0.6 is 0 Å². The first kappa shape index (κ1) is 20.8. The molecule has 0 radical (unpaired) electrons. The summed E-state index contributed by atoms with van der Waals surface area (Å²) in [6.45, 7) is 3.42. The number of anilines is 1. The van der Waals surface area contributed by atoms with Gasteiger partial charge in [0.05, 0.1) is 24.9 Å². The minimum Gasteiger partial charge on any atom is -0.378 e. The third-order valence-electron chi connectivity index (χ3n) is 7.35. The number of nitrogens with zero attached hydrogens (tertiary/aromatic N) is 4. The van der Waals surface area contributed by atoms with E-state index in [9.17, 15) is 13.2 Å². The second kappa shape index (κ2) is 7.37. The van der Waals surface area contributed by atoms with Gasteiger partial charge in [-0.2, -0.15) is 13.2 Å². The smallest absolute Gasteiger partial charge is 0.378 e. The average Bonchev–Trinajstić information content (AvgIpc) is 3.20. The second-order valence-electron chi connectivity index (χ2n) is 9.05. The maximum Gasteiger partial charge on any atom is 0.419 e. The summed E-state index contributed by atoms with van der Waals surface area (Å²) in [6, 6.07) is 3.40. The lowest BCUT2D eigenvalue weighted by molar-refractivity contribution is -0.137. The molecule has 3 unspecified atom stereocenters. The molecule has 0 amide bonds. The number of H-pyrrole nitrogens is 1. The van der Waals surface area contributed by atoms with Gasteiger partial charge in [0.1, 0.15) is 22.9 Å². The van der Waals surface area contributed by atoms with Crippen LogP contribution < -0.4 is 16.0 Å². The Morgan fingerprint density at radius 1 is 1.18 bits per heavy atom. The Hall–Kier alpha value is -2.76. The van der Waals surface area contributed by atoms with E-state index in [-0.39, 0.29) is 23.2 Å². The Bertz CT molecular complexity index is 1200. The second-order valence-corrected chi connectivity index (χ2v) is 9.05. The van der Waals surface area contributed by atoms with Gasteiger partial charge in [0.25, 0.3) is 0 Å². The number of alkyl halides is 3. The molecule has 0 aromatic carbocycles. The minimum absolute atomic E-state index is 0.00832. The molecule has 3 aromatic heterocycles. The summed E-state index contributed by atoms with van der Waals surface area (Å²) >= 11 is 0. The molecule has 6 rings (SSSR count). The summed E-state index contributed by atoms with van der Waals surface area (Å²) in [5, 5.41) is 3.86. The van der Waals surface area contributed by atoms with Gasteiger partial charge in [-0.3, -0.25) is 0 Å². The third kappa shape index (κ3) is 3.21. The Kier molecular flexibility index (Phi) is 4.65. The maximum atomic E-state index is 13.9. The molecule has 2 saturated heterocycles. The van der Waals surface area contributed by atoms with E-state index >= 15 is 0 Å². The first-order valence-corrected chi connectivity index (χ1v) is 11.1. The Balaban J connectivity index is 1.42. The third-order valence-corrected chi connectivity index (χ3v) is 7.35. The van der Waals surface area contributed by atoms with E-state index in [1.165, 1.54) is 0 Å². The van der Waals surface area contributed by atoms with E-state index in [0.717, 1.165) is 44.5 Å². The van der Waals surface area contributed by atoms with Crippen LogP contribution in [0.15, 0.2) is 24.5 Å². The molecule has 2 aliphatic heterocycles. The van der Waals surface area contributed by atoms with Gasteiger partial charge in [0.2, 0.25) is 0 Å². The monoisotopic (exact) mass is 459 g/mol. The average molecular weight is 459 g/mol. The first-order chi connectivity index (χ1) is 15.9. The van der Waals surface area contributed by atoms with Gasteiger partial charge >= 0.3 is 6.18 Å². The van der Waals surface area contributed by atoms with E-state index < -0.39 is 11.7 Å². The quantitative estimate of drug-likeness (QED) is 0.553. The zero-order valence-electron chi connectivity index (χ0n) is 17.8. The van der Waals surface area contributed by atoms with Crippen molar-refractivity contribution in [1.29, 1.82) is 0 Å². The molecule has 3 fully saturated rings. The highest BCUT2D eigenvalue weighted by Crippen LogP contribution is 2.54. The molecule has 174 valence electrons. The van der Waals surface area contributed by atoms with E-state index in [0.29, 0.717) is 35.6 Å². The summed E-state index contributed by atoms with van der Waals surface area (Å²) in [5.41, 5.74) is 5.93. The topological polar surface area (TPSA) is 105 Å². The zero-order chi connectivity index (χ0) is 22.8. The van der Waals surface area contributed by atoms with Crippen molar-refractivity contribution in [3.63, 3.8) is 0 Å². The molecular weight excluding hydrogens is 435 g/mol. The van der Waals surface area contributed by atoms with Crippen molar-refractivity contribution in [1.82, 2.24) is 25.3 Å². The number of aromatic amines is 1. The molecule has 33 heavy (non-hydrogen) atoms. The van der Waals surface area contributed by atoms with Crippen molar-refractivity contribution in [3.05, 3.63) is 35.9 Å². The molecule has 1 aliphatic carbocycles. The number of ether oxygens (including phenoxy) is 1. The van der Waals surface area contributed by atoms with Crippen LogP contribution in [0, 0.1) is 5.41 Å². The summed E-state index contributed by atoms with van der Waals surface area (Å²) < 4.78 is 47.1. The number of morpholine rings is 1. The summed E-state index contributed by atoms with van der Waals surface area (Å²) in [4.78, 5) is 18.3. The van der Waals surface area contributed by atoms with Crippen LogP contribution in [0.2, 0.25) is 0 Å². The van der Waals surface area contributed by atoms with Crippen molar-refractivity contribution in [2.75, 3.05) is 37.7 Å². The molecule has 11 heteroatoms. The van der Waals surface area contributed by atoms with Gasteiger partial charge in [-0.25, -0.2) is 15.0 Å². The Labute approximate surface area is 187 Å². The van der Waals surface area contributed by atoms with Crippen molar-refractivity contribution in [2.45, 2.75) is 31.1 Å². The predicted molar refractivity (Wildman–Crippen MR) is 116 cm³/mol. The van der Waals surface area contributed by atoms with Gasteiger partial charge in [0.15, 0.2) is 0 Å². The fourth-order valence-electron chi connectivity index (χ4n) is 5.18. The van der Waals surface area contributed by atoms with Gasteiger partial charge in [-0.15, -0.1) is 0 Å². The molecule has 1 spiro atoms. The molecular formula is C22H24F3N7O. The predicted octanol–water partition coefficient (Wildman–Crippen LogP) is 2.63. The van der Waals surface area contributed by atoms with Crippen molar-refractivity contribution in [2.24, 2.45) is 11.1 Å². The van der Waals surface area contributed by atoms with Crippen LogP contribution in [0.3, 0.4) is 0 Å². The summed E-state index contributed by atoms with van der Waals surface area (Å²) in [7, 11) is 0. The summed E-state index contributed by atoms with van der Waals surface area (Å²) in [6.07, 6.45) is -0.320. The normalized spacial score (nSPS) is 27.6. The fraction of sp³-hybridized carbons (Fsp3) is 0.500. The molecule has 1 saturated carbocycles. The molecule has 5 heterocycles. The number of nitrogens with two attached hydrogens (primary N) is 1. The number of halogens is 3. The highest BCUT2D eigenvalue weighted by molar-refractivity contribution is 5.94. The molecule has 3 atom stereocenters. The zero-order valence-corrected chi connectivity index (χ0v) is 17.8. The molecule has 8 nitrogen and oxygen atoms in total. The van der Waals surface area contributed by atoms with Crippen LogP contribution in [0.5, 0.6) is 0 Å². The lowest BCUT2D eigenvalue weighted by Gasteiger charge is -2.59. The number of aromatic nitrogens is 4. The Morgan fingerprint density at radius 2 is 2.00 bits per heavy atom. The maximum absolute atomic E-state index is 13.9. The Morgan fingerprint density at radius 3 is 2.64 bits per heavy atom. The number of pyridine rings is 1. The molecule has 3 aromatic rings. The van der Waals surface area contributed by atoms with Crippen LogP contribution in [0.1, 0.15) is 30.3 Å². The van der Waals surface area contributed by atoms with E-state index in [2.05, 4.69) is 30.2 Å². The number of hydrogen-bond donors (Lipinski definition) is 3. The SMILES string of the molecule is NC1CCC12CNC2c1ncc(C(F)(F)F)c(-c2c[nH]c3nc(N4CCOCC4)ccc23)n1. The van der Waals surface area contributed by atoms with Gasteiger partial charge in [0, 0.05) is 54.4 Å². The van der Waals surface area contributed by atoms with Gasteiger partial charge < -0.3 is 25.7 Å². The highest BCUT2D eigenvalue weighted by Gasteiger charge is 2.58. The van der Waals surface area contributed by atoms with Crippen molar-refractivity contribution in [3.8, 4) is 11.3 Å². The van der Waals surface area contributed by atoms with Crippen LogP contribution in [0.25, 0.3) is 22.3 Å². The number of hydrogen-bond acceptors (Lipinski definition) is 7. The standard InChI is InChI=1S/C22H24F3N7O/c23-22(24,25)14-10-28-20(18-21(11-29-18)4-3-15(21)26)31-17(14)13-9-27-19-12(13)1-2-16(30-19)32-5-7-33-8-6-32/h1-2,9-10,15,18,29H,3-8,11,26H2,(H,27,30). The largest absolute Gasteiger partial charge is 0.419 e. The van der Waals surface area contributed by atoms with Crippen LogP contribution in [-0.4, -0.2) is 58.8 Å². The lowest BCUT2D eigenvalue weighted by Crippen LogP contribution is -2.69. The van der Waals surface area contributed by atoms with E-state index in [4.69, 9.17) is 10.5 Å². The molecule has 0 bridgehead atoms. The summed E-state index contributed by atoms with van der Waals surface area (Å²) in [5.74, 6) is 1.12. The van der Waals surface area contributed by atoms with E-state index in [1.807, 2.05) is 6.07 Å². The van der Waals surface area contributed by atoms with Crippen LogP contribution in [-0.2, 0) is 10.9 Å².